The first-order valence-corrected chi connectivity index (χ1v) is 9.45. The smallest absolute Gasteiger partial charge is 0.229 e. The lowest BCUT2D eigenvalue weighted by molar-refractivity contribution is -0.167. The lowest BCUT2D eigenvalue weighted by atomic mass is 9.49. The molecule has 6 heteroatoms. The summed E-state index contributed by atoms with van der Waals surface area (Å²) in [6.45, 7) is 0. The van der Waals surface area contributed by atoms with Crippen LogP contribution in [0.2, 0.25) is 0 Å². The van der Waals surface area contributed by atoms with E-state index in [2.05, 4.69) is 69.0 Å². The first-order chi connectivity index (χ1) is 7.90. The molecule has 0 aromatic heterocycles. The van der Waals surface area contributed by atoms with Gasteiger partial charge in [0.2, 0.25) is 5.91 Å². The van der Waals surface area contributed by atoms with Crippen molar-refractivity contribution in [1.29, 1.82) is 0 Å². The van der Waals surface area contributed by atoms with E-state index >= 15 is 0 Å². The fourth-order valence-corrected chi connectivity index (χ4v) is 6.65. The molecule has 0 aromatic carbocycles. The molecule has 3 rings (SSSR count). The molecule has 3 aliphatic rings. The van der Waals surface area contributed by atoms with Crippen molar-refractivity contribution in [3.8, 4) is 0 Å². The number of amides is 1. The number of hydrogen-bond donors (Lipinski definition) is 1. The molecule has 2 aliphatic carbocycles. The minimum absolute atomic E-state index is 0.0148. The standard InChI is InChI=1S/C11H13Br4NO/c12-5-1-10-2-6(13)8(15)4-11(10,3-7(5)14)16-9(10)17/h5-8H,1-4H2,(H,16,17)/t5-,6-,7-,8+,10?,11?/m0/s1. The van der Waals surface area contributed by atoms with Gasteiger partial charge >= 0.3 is 0 Å². The fourth-order valence-electron chi connectivity index (χ4n) is 3.69. The number of rotatable bonds is 0. The third-order valence-corrected chi connectivity index (χ3v) is 9.93. The van der Waals surface area contributed by atoms with E-state index in [9.17, 15) is 4.79 Å². The minimum atomic E-state index is -0.149. The van der Waals surface area contributed by atoms with Crippen LogP contribution in [0, 0.1) is 5.41 Å². The highest BCUT2D eigenvalue weighted by atomic mass is 79.9. The van der Waals surface area contributed by atoms with Gasteiger partial charge in [0.25, 0.3) is 0 Å². The molecule has 2 unspecified atom stereocenters. The van der Waals surface area contributed by atoms with Crippen LogP contribution < -0.4 is 5.32 Å². The van der Waals surface area contributed by atoms with Gasteiger partial charge < -0.3 is 5.32 Å². The Balaban J connectivity index is 1.97. The molecule has 1 heterocycles. The molecule has 1 saturated heterocycles. The second kappa shape index (κ2) is 4.19. The Hall–Kier alpha value is 1.39. The lowest BCUT2D eigenvalue weighted by Gasteiger charge is -2.67. The average Bonchev–Trinajstić information content (AvgIpc) is 2.24. The predicted octanol–water partition coefficient (Wildman–Crippen LogP) is 3.48. The largest absolute Gasteiger partial charge is 0.349 e. The summed E-state index contributed by atoms with van der Waals surface area (Å²) in [7, 11) is 0. The highest BCUT2D eigenvalue weighted by Gasteiger charge is 2.71. The lowest BCUT2D eigenvalue weighted by Crippen LogP contribution is -2.82. The molecule has 1 N–H and O–H groups in total. The molecule has 1 aliphatic heterocycles. The number of carbonyl (C=O) groups is 1. The molecule has 0 bridgehead atoms. The van der Waals surface area contributed by atoms with Crippen LogP contribution >= 0.6 is 63.7 Å². The molecule has 0 radical (unpaired) electrons. The Morgan fingerprint density at radius 1 is 0.882 bits per heavy atom. The van der Waals surface area contributed by atoms with Crippen LogP contribution in [0.5, 0.6) is 0 Å². The van der Waals surface area contributed by atoms with Crippen molar-refractivity contribution in [3.63, 3.8) is 0 Å². The van der Waals surface area contributed by atoms with Crippen LogP contribution in [0.15, 0.2) is 0 Å². The molecule has 17 heavy (non-hydrogen) atoms. The number of nitrogens with one attached hydrogen (secondary N) is 1. The number of carbonyl (C=O) groups excluding carboxylic acids is 1. The minimum Gasteiger partial charge on any atom is -0.349 e. The van der Waals surface area contributed by atoms with Crippen molar-refractivity contribution < 1.29 is 4.79 Å². The topological polar surface area (TPSA) is 29.1 Å². The van der Waals surface area contributed by atoms with Crippen molar-refractivity contribution in [2.24, 2.45) is 5.41 Å². The third kappa shape index (κ3) is 1.69. The molecule has 2 nitrogen and oxygen atoms in total. The Kier molecular flexibility index (Phi) is 3.30. The van der Waals surface area contributed by atoms with Crippen molar-refractivity contribution in [1.82, 2.24) is 5.32 Å². The summed E-state index contributed by atoms with van der Waals surface area (Å²) in [4.78, 5) is 13.8. The van der Waals surface area contributed by atoms with E-state index in [-0.39, 0.29) is 16.9 Å². The van der Waals surface area contributed by atoms with Gasteiger partial charge in [-0.2, -0.15) is 0 Å². The molecule has 3 fully saturated rings. The Morgan fingerprint density at radius 3 is 1.71 bits per heavy atom. The number of alkyl halides is 4. The van der Waals surface area contributed by atoms with Crippen LogP contribution in [0.4, 0.5) is 0 Å². The average molecular weight is 495 g/mol. The normalized spacial score (nSPS) is 57.5. The van der Waals surface area contributed by atoms with E-state index in [0.29, 0.717) is 19.3 Å². The van der Waals surface area contributed by atoms with Gasteiger partial charge in [-0.25, -0.2) is 0 Å². The fraction of sp³-hybridized carbons (Fsp3) is 0.909. The van der Waals surface area contributed by atoms with Gasteiger partial charge in [-0.15, -0.1) is 0 Å². The maximum atomic E-state index is 12.1. The first-order valence-electron chi connectivity index (χ1n) is 5.79. The highest BCUT2D eigenvalue weighted by Crippen LogP contribution is 2.62. The molecule has 0 aromatic rings. The van der Waals surface area contributed by atoms with E-state index in [1.807, 2.05) is 0 Å². The summed E-state index contributed by atoms with van der Waals surface area (Å²) in [6, 6.07) is 0. The number of β-lactam (4-membered cyclic amide) rings is 1. The summed E-state index contributed by atoms with van der Waals surface area (Å²) in [5.41, 5.74) is -0.134. The van der Waals surface area contributed by atoms with Gasteiger partial charge in [0, 0.05) is 19.3 Å². The van der Waals surface area contributed by atoms with Crippen molar-refractivity contribution in [2.75, 3.05) is 0 Å². The quantitative estimate of drug-likeness (QED) is 0.405. The van der Waals surface area contributed by atoms with Crippen LogP contribution in [-0.2, 0) is 4.79 Å². The SMILES string of the molecule is O=C1NC23C[C@@H](Br)[C@@H](Br)CC12C[C@H](Br)[C@@H](Br)C3. The predicted molar refractivity (Wildman–Crippen MR) is 82.6 cm³/mol. The van der Waals surface area contributed by atoms with Crippen molar-refractivity contribution in [2.45, 2.75) is 50.5 Å². The summed E-state index contributed by atoms with van der Waals surface area (Å²) in [5.74, 6) is 0.255. The second-order valence-electron chi connectivity index (χ2n) is 5.50. The molecular weight excluding hydrogens is 482 g/mol. The number of hydrogen-bond acceptors (Lipinski definition) is 1. The van der Waals surface area contributed by atoms with Gasteiger partial charge in [0.05, 0.1) is 11.0 Å². The molecular formula is C11H13Br4NO. The summed E-state index contributed by atoms with van der Waals surface area (Å²) < 4.78 is 0. The van der Waals surface area contributed by atoms with E-state index in [1.54, 1.807) is 0 Å². The van der Waals surface area contributed by atoms with E-state index < -0.39 is 0 Å². The van der Waals surface area contributed by atoms with Crippen molar-refractivity contribution in [3.05, 3.63) is 0 Å². The maximum absolute atomic E-state index is 12.1. The maximum Gasteiger partial charge on any atom is 0.229 e. The van der Waals surface area contributed by atoms with Crippen molar-refractivity contribution >= 4 is 69.6 Å². The molecule has 1 amide bonds. The Morgan fingerprint density at radius 2 is 1.29 bits per heavy atom. The Labute approximate surface area is 135 Å². The van der Waals surface area contributed by atoms with E-state index in [4.69, 9.17) is 0 Å². The van der Waals surface area contributed by atoms with Gasteiger partial charge in [-0.05, 0) is 25.7 Å². The van der Waals surface area contributed by atoms with Gasteiger partial charge in [-0.3, -0.25) is 4.79 Å². The highest BCUT2D eigenvalue weighted by molar-refractivity contribution is 9.12. The van der Waals surface area contributed by atoms with Gasteiger partial charge in [0.1, 0.15) is 0 Å². The monoisotopic (exact) mass is 491 g/mol. The zero-order valence-electron chi connectivity index (χ0n) is 9.06. The number of halogens is 4. The molecule has 6 atom stereocenters. The van der Waals surface area contributed by atoms with Crippen LogP contribution in [0.1, 0.15) is 25.7 Å². The molecule has 2 saturated carbocycles. The van der Waals surface area contributed by atoms with E-state index in [1.165, 1.54) is 0 Å². The summed E-state index contributed by atoms with van der Waals surface area (Å²) in [5, 5.41) is 3.21. The summed E-state index contributed by atoms with van der Waals surface area (Å²) in [6.07, 6.45) is 3.93. The Bertz CT molecular complexity index is 354. The van der Waals surface area contributed by atoms with E-state index in [0.717, 1.165) is 25.7 Å². The molecule has 0 spiro atoms. The van der Waals surface area contributed by atoms with Gasteiger partial charge in [0.15, 0.2) is 0 Å². The molecule has 96 valence electrons. The second-order valence-corrected chi connectivity index (χ2v) is 10.2. The summed E-state index contributed by atoms with van der Waals surface area (Å²) >= 11 is 14.9. The zero-order valence-corrected chi connectivity index (χ0v) is 15.4. The van der Waals surface area contributed by atoms with Crippen LogP contribution in [0.25, 0.3) is 0 Å². The van der Waals surface area contributed by atoms with Gasteiger partial charge in [-0.1, -0.05) is 63.7 Å². The zero-order chi connectivity index (χ0) is 12.4. The first kappa shape index (κ1) is 13.4. The van der Waals surface area contributed by atoms with Crippen LogP contribution in [-0.4, -0.2) is 30.8 Å². The third-order valence-electron chi connectivity index (χ3n) is 4.66. The van der Waals surface area contributed by atoms with Crippen LogP contribution in [0.3, 0.4) is 0 Å².